The van der Waals surface area contributed by atoms with Crippen LogP contribution in [0.2, 0.25) is 0 Å². The Morgan fingerprint density at radius 1 is 1.38 bits per heavy atom. The molecule has 0 radical (unpaired) electrons. The summed E-state index contributed by atoms with van der Waals surface area (Å²) in [6.07, 6.45) is -0.139. The van der Waals surface area contributed by atoms with E-state index in [1.54, 1.807) is 25.3 Å². The van der Waals surface area contributed by atoms with E-state index < -0.39 is 21.9 Å². The molecule has 2 N–H and O–H groups in total. The van der Waals surface area contributed by atoms with Crippen LogP contribution in [-0.4, -0.2) is 39.5 Å². The predicted molar refractivity (Wildman–Crippen MR) is 78.4 cm³/mol. The van der Waals surface area contributed by atoms with Crippen LogP contribution < -0.4 is 10.0 Å². The number of sulfonamides is 1. The number of carbonyl (C=O) groups excluding carboxylic acids is 2. The van der Waals surface area contributed by atoms with Crippen molar-refractivity contribution in [3.63, 3.8) is 0 Å². The first kappa shape index (κ1) is 17.6. The number of hydrogen-bond donors (Lipinski definition) is 2. The molecule has 1 rings (SSSR count). The number of carbonyl (C=O) groups is 2. The van der Waals surface area contributed by atoms with E-state index in [1.165, 1.54) is 6.07 Å². The maximum Gasteiger partial charge on any atom is 0.307 e. The van der Waals surface area contributed by atoms with Crippen molar-refractivity contribution in [1.29, 1.82) is 0 Å². The van der Waals surface area contributed by atoms with E-state index in [9.17, 15) is 18.0 Å². The van der Waals surface area contributed by atoms with Crippen molar-refractivity contribution in [2.45, 2.75) is 30.5 Å². The normalized spacial score (nSPS) is 11.4. The van der Waals surface area contributed by atoms with E-state index in [-0.39, 0.29) is 29.8 Å². The average molecular weight is 334 g/mol. The molecule has 1 amide bonds. The minimum absolute atomic E-state index is 0.0335. The standard InChI is InChI=1S/C12H18N2O5S2/c1-9(2)14-10(15)8-19-11(16)5-6-13-21(17,18)12-4-3-7-20-12/h3-4,7,9,13H,5-6,8H2,1-2H3,(H,14,15). The topological polar surface area (TPSA) is 102 Å². The maximum absolute atomic E-state index is 11.7. The lowest BCUT2D eigenvalue weighted by Gasteiger charge is -2.09. The molecule has 1 aromatic rings. The lowest BCUT2D eigenvalue weighted by molar-refractivity contribution is -0.148. The first-order chi connectivity index (χ1) is 9.81. The van der Waals surface area contributed by atoms with Crippen LogP contribution in [-0.2, 0) is 24.3 Å². The summed E-state index contributed by atoms with van der Waals surface area (Å²) in [7, 11) is -3.58. The fourth-order valence-electron chi connectivity index (χ4n) is 1.36. The van der Waals surface area contributed by atoms with Gasteiger partial charge in [-0.3, -0.25) is 9.59 Å². The molecule has 21 heavy (non-hydrogen) atoms. The summed E-state index contributed by atoms with van der Waals surface area (Å²) in [6, 6.07) is 3.07. The van der Waals surface area contributed by atoms with Crippen molar-refractivity contribution in [2.24, 2.45) is 0 Å². The molecule has 0 spiro atoms. The molecule has 0 aliphatic heterocycles. The molecule has 0 bridgehead atoms. The number of esters is 1. The fourth-order valence-corrected chi connectivity index (χ4v) is 3.43. The third-order valence-corrected chi connectivity index (χ3v) is 5.05. The van der Waals surface area contributed by atoms with Crippen LogP contribution in [0.25, 0.3) is 0 Å². The summed E-state index contributed by atoms with van der Waals surface area (Å²) in [5, 5.41) is 4.22. The van der Waals surface area contributed by atoms with Crippen molar-refractivity contribution >= 4 is 33.2 Å². The Morgan fingerprint density at radius 3 is 2.67 bits per heavy atom. The SMILES string of the molecule is CC(C)NC(=O)COC(=O)CCNS(=O)(=O)c1cccs1. The summed E-state index contributed by atoms with van der Waals surface area (Å²) in [5.74, 6) is -1.03. The van der Waals surface area contributed by atoms with Crippen molar-refractivity contribution in [3.05, 3.63) is 17.5 Å². The molecule has 1 aromatic heterocycles. The van der Waals surface area contributed by atoms with Gasteiger partial charge in [-0.1, -0.05) is 6.07 Å². The summed E-state index contributed by atoms with van der Waals surface area (Å²) in [5.41, 5.74) is 0. The Labute approximate surface area is 127 Å². The number of ether oxygens (including phenoxy) is 1. The molecule has 0 aromatic carbocycles. The Kier molecular flexibility index (Phi) is 6.79. The van der Waals surface area contributed by atoms with Gasteiger partial charge in [0, 0.05) is 12.6 Å². The van der Waals surface area contributed by atoms with E-state index in [2.05, 4.69) is 10.0 Å². The van der Waals surface area contributed by atoms with Gasteiger partial charge in [-0.2, -0.15) is 0 Å². The van der Waals surface area contributed by atoms with Gasteiger partial charge in [0.25, 0.3) is 5.91 Å². The molecule has 0 saturated heterocycles. The van der Waals surface area contributed by atoms with E-state index in [0.717, 1.165) is 11.3 Å². The van der Waals surface area contributed by atoms with Gasteiger partial charge in [-0.25, -0.2) is 13.1 Å². The highest BCUT2D eigenvalue weighted by atomic mass is 32.2. The van der Waals surface area contributed by atoms with Crippen LogP contribution in [0.1, 0.15) is 20.3 Å². The van der Waals surface area contributed by atoms with Crippen molar-refractivity contribution < 1.29 is 22.7 Å². The number of rotatable bonds is 8. The van der Waals surface area contributed by atoms with Gasteiger partial charge in [-0.05, 0) is 25.3 Å². The van der Waals surface area contributed by atoms with Crippen molar-refractivity contribution in [3.8, 4) is 0 Å². The highest BCUT2D eigenvalue weighted by molar-refractivity contribution is 7.91. The van der Waals surface area contributed by atoms with Gasteiger partial charge in [-0.15, -0.1) is 11.3 Å². The second-order valence-electron chi connectivity index (χ2n) is 4.46. The van der Waals surface area contributed by atoms with E-state index >= 15 is 0 Å². The average Bonchev–Trinajstić information content (AvgIpc) is 2.90. The van der Waals surface area contributed by atoms with Gasteiger partial charge < -0.3 is 10.1 Å². The summed E-state index contributed by atoms with van der Waals surface area (Å²) < 4.78 is 30.7. The predicted octanol–water partition coefficient (Wildman–Crippen LogP) is 0.484. The third kappa shape index (κ3) is 6.69. The Morgan fingerprint density at radius 2 is 2.10 bits per heavy atom. The van der Waals surface area contributed by atoms with Crippen LogP contribution in [0.4, 0.5) is 0 Å². The van der Waals surface area contributed by atoms with Crippen LogP contribution in [0, 0.1) is 0 Å². The number of thiophene rings is 1. The van der Waals surface area contributed by atoms with Crippen LogP contribution in [0.15, 0.2) is 21.7 Å². The van der Waals surface area contributed by atoms with Crippen molar-refractivity contribution in [1.82, 2.24) is 10.0 Å². The van der Waals surface area contributed by atoms with Crippen LogP contribution >= 0.6 is 11.3 Å². The molecule has 0 saturated carbocycles. The molecule has 7 nitrogen and oxygen atoms in total. The van der Waals surface area contributed by atoms with Crippen molar-refractivity contribution in [2.75, 3.05) is 13.2 Å². The molecule has 0 fully saturated rings. The monoisotopic (exact) mass is 334 g/mol. The molecular weight excluding hydrogens is 316 g/mol. The zero-order valence-corrected chi connectivity index (χ0v) is 13.4. The van der Waals surface area contributed by atoms with E-state index in [0.29, 0.717) is 0 Å². The van der Waals surface area contributed by atoms with E-state index in [1.807, 2.05) is 0 Å². The molecule has 0 unspecified atom stereocenters. The highest BCUT2D eigenvalue weighted by Crippen LogP contribution is 2.14. The molecule has 1 heterocycles. The fraction of sp³-hybridized carbons (Fsp3) is 0.500. The zero-order chi connectivity index (χ0) is 15.9. The smallest absolute Gasteiger partial charge is 0.307 e. The second-order valence-corrected chi connectivity index (χ2v) is 7.40. The van der Waals surface area contributed by atoms with Gasteiger partial charge >= 0.3 is 5.97 Å². The van der Waals surface area contributed by atoms with Crippen LogP contribution in [0.3, 0.4) is 0 Å². The molecule has 0 aliphatic rings. The minimum atomic E-state index is -3.58. The Bertz CT molecular complexity index is 566. The number of amides is 1. The lowest BCUT2D eigenvalue weighted by atomic mass is 10.4. The number of hydrogen-bond acceptors (Lipinski definition) is 6. The third-order valence-electron chi connectivity index (χ3n) is 2.20. The summed E-state index contributed by atoms with van der Waals surface area (Å²) in [4.78, 5) is 22.6. The summed E-state index contributed by atoms with van der Waals surface area (Å²) in [6.45, 7) is 3.14. The Hall–Kier alpha value is -1.45. The second kappa shape index (κ2) is 8.11. The van der Waals surface area contributed by atoms with Crippen LogP contribution in [0.5, 0.6) is 0 Å². The largest absolute Gasteiger partial charge is 0.456 e. The molecular formula is C12H18N2O5S2. The molecule has 0 atom stereocenters. The van der Waals surface area contributed by atoms with Gasteiger partial charge in [0.15, 0.2) is 6.61 Å². The zero-order valence-electron chi connectivity index (χ0n) is 11.8. The highest BCUT2D eigenvalue weighted by Gasteiger charge is 2.15. The van der Waals surface area contributed by atoms with Gasteiger partial charge in [0.2, 0.25) is 10.0 Å². The maximum atomic E-state index is 11.7. The molecule has 118 valence electrons. The number of nitrogens with one attached hydrogen (secondary N) is 2. The Balaban J connectivity index is 2.27. The van der Waals surface area contributed by atoms with Gasteiger partial charge in [0.05, 0.1) is 6.42 Å². The summed E-state index contributed by atoms with van der Waals surface area (Å²) >= 11 is 1.09. The van der Waals surface area contributed by atoms with E-state index in [4.69, 9.17) is 4.74 Å². The minimum Gasteiger partial charge on any atom is -0.456 e. The lowest BCUT2D eigenvalue weighted by Crippen LogP contribution is -2.34. The quantitative estimate of drug-likeness (QED) is 0.674. The van der Waals surface area contributed by atoms with Gasteiger partial charge in [0.1, 0.15) is 4.21 Å². The first-order valence-corrected chi connectivity index (χ1v) is 8.65. The first-order valence-electron chi connectivity index (χ1n) is 6.29. The molecule has 9 heteroatoms. The molecule has 0 aliphatic carbocycles.